The van der Waals surface area contributed by atoms with Gasteiger partial charge in [-0.3, -0.25) is 7.14 Å². The van der Waals surface area contributed by atoms with Crippen molar-refractivity contribution in [1.82, 2.24) is 0 Å². The van der Waals surface area contributed by atoms with Crippen molar-refractivity contribution >= 4 is 22.8 Å². The number of hydrogen-bond acceptors (Lipinski definition) is 0. The molecule has 0 N–H and O–H groups in total. The molecule has 0 fully saturated rings. The second-order valence-corrected chi connectivity index (χ2v) is 14.4. The lowest BCUT2D eigenvalue weighted by molar-refractivity contribution is 1.65. The van der Waals surface area contributed by atoms with E-state index >= 15 is 0 Å². The maximum absolute atomic E-state index is 5.97. The Balaban J connectivity index is 3.75. The molecule has 0 nitrogen and oxygen atoms in total. The molecule has 0 aliphatic heterocycles. The van der Waals surface area contributed by atoms with E-state index in [-0.39, 0.29) is 0 Å². The molecule has 0 aromatic carbocycles. The van der Waals surface area contributed by atoms with Crippen LogP contribution in [-0.4, -0.2) is 34.8 Å². The van der Waals surface area contributed by atoms with Crippen molar-refractivity contribution < 1.29 is 0 Å². The summed E-state index contributed by atoms with van der Waals surface area (Å²) >= 11 is 0. The normalized spacial score (nSPS) is 14.0. The van der Waals surface area contributed by atoms with Crippen LogP contribution in [0, 0.1) is 0 Å². The van der Waals surface area contributed by atoms with Crippen LogP contribution in [0.5, 0.6) is 0 Å². The van der Waals surface area contributed by atoms with Crippen LogP contribution >= 0.6 is 7.14 Å². The van der Waals surface area contributed by atoms with Gasteiger partial charge < -0.3 is 7.57 Å². The smallest absolute Gasteiger partial charge is 0.0831 e. The second-order valence-electron chi connectivity index (χ2n) is 4.50. The van der Waals surface area contributed by atoms with Gasteiger partial charge in [0.25, 0.3) is 0 Å². The van der Waals surface area contributed by atoms with E-state index in [4.69, 9.17) is 7.57 Å². The summed E-state index contributed by atoms with van der Waals surface area (Å²) < 4.78 is 0. The topological polar surface area (TPSA) is 0 Å². The van der Waals surface area contributed by atoms with Crippen LogP contribution in [0.2, 0.25) is 19.6 Å². The van der Waals surface area contributed by atoms with Gasteiger partial charge in [0.2, 0.25) is 0 Å². The lowest BCUT2D eigenvalue weighted by atomic mass is 10.8. The van der Waals surface area contributed by atoms with Crippen LogP contribution in [0.25, 0.3) is 0 Å². The molecule has 0 aromatic heterocycles. The van der Waals surface area contributed by atoms with E-state index in [1.165, 1.54) is 5.79 Å². The third-order valence-corrected chi connectivity index (χ3v) is 7.94. The first-order valence-corrected chi connectivity index (χ1v) is 9.97. The van der Waals surface area contributed by atoms with Crippen LogP contribution in [0.3, 0.4) is 0 Å². The fourth-order valence-corrected chi connectivity index (χ4v) is 11.0. The van der Waals surface area contributed by atoms with E-state index < -0.39 is 15.2 Å². The molecule has 9 heavy (non-hydrogen) atoms. The largest absolute Gasteiger partial charge is 0.308 e. The Kier molecular flexibility index (Phi) is 2.97. The summed E-state index contributed by atoms with van der Waals surface area (Å²) in [5.41, 5.74) is 0. The number of hydrogen-bond donors (Lipinski definition) is 0. The lowest BCUT2D eigenvalue weighted by Gasteiger charge is -2.32. The predicted molar refractivity (Wildman–Crippen MR) is 52.7 cm³/mol. The Morgan fingerprint density at radius 1 is 1.22 bits per heavy atom. The third-order valence-electron chi connectivity index (χ3n) is 0.882. The number of rotatable bonds is 2. The highest BCUT2D eigenvalue weighted by atomic mass is 31.2. The van der Waals surface area contributed by atoms with Crippen molar-refractivity contribution in [1.29, 1.82) is 0 Å². The Morgan fingerprint density at radius 3 is 1.56 bits per heavy atom. The second kappa shape index (κ2) is 2.76. The van der Waals surface area contributed by atoms with E-state index in [2.05, 4.69) is 33.0 Å². The molecule has 0 saturated carbocycles. The molecule has 0 spiro atoms. The molecular weight excluding hydrogens is 142 g/mol. The quantitative estimate of drug-likeness (QED) is 0.428. The first-order chi connectivity index (χ1) is 3.71. The average Bonchev–Trinajstić information content (AvgIpc) is 1.14. The minimum atomic E-state index is -0.976. The van der Waals surface area contributed by atoms with Gasteiger partial charge in [-0.15, -0.1) is 0 Å². The highest BCUT2D eigenvalue weighted by Gasteiger charge is 2.19. The maximum Gasteiger partial charge on any atom is 0.0831 e. The van der Waals surface area contributed by atoms with Crippen LogP contribution < -0.4 is 0 Å². The van der Waals surface area contributed by atoms with Gasteiger partial charge in [0.05, 0.1) is 8.07 Å². The van der Waals surface area contributed by atoms with Gasteiger partial charge in [0.15, 0.2) is 0 Å². The van der Waals surface area contributed by atoms with E-state index in [9.17, 15) is 0 Å². The average molecular weight is 159 g/mol. The summed E-state index contributed by atoms with van der Waals surface area (Å²) in [6, 6.07) is 0. The minimum Gasteiger partial charge on any atom is -0.308 e. The van der Waals surface area contributed by atoms with E-state index in [1.807, 2.05) is 0 Å². The van der Waals surface area contributed by atoms with Crippen molar-refractivity contribution in [2.75, 3.05) is 19.1 Å². The van der Waals surface area contributed by atoms with E-state index in [0.717, 1.165) is 0 Å². The third kappa shape index (κ3) is 8.71. The van der Waals surface area contributed by atoms with Crippen molar-refractivity contribution in [2.24, 2.45) is 0 Å². The van der Waals surface area contributed by atoms with Gasteiger partial charge in [-0.25, -0.2) is 0 Å². The monoisotopic (exact) mass is 159 g/mol. The van der Waals surface area contributed by atoms with Crippen molar-refractivity contribution in [2.45, 2.75) is 19.6 Å². The van der Waals surface area contributed by atoms with Gasteiger partial charge in [-0.05, 0) is 0 Å². The summed E-state index contributed by atoms with van der Waals surface area (Å²) in [6.45, 7) is 11.6. The zero-order valence-electron chi connectivity index (χ0n) is 7.23. The van der Waals surface area contributed by atoms with Crippen molar-refractivity contribution in [3.8, 4) is 0 Å². The van der Waals surface area contributed by atoms with E-state index in [1.54, 1.807) is 0 Å². The molecule has 0 aromatic rings. The predicted octanol–water partition coefficient (Wildman–Crippen LogP) is 2.22. The summed E-state index contributed by atoms with van der Waals surface area (Å²) in [5.74, 6) is 1.32. The molecule has 0 aliphatic rings. The summed E-state index contributed by atoms with van der Waals surface area (Å²) in [6.07, 6.45) is 0. The minimum absolute atomic E-state index is 0.868. The molecule has 0 heterocycles. The summed E-state index contributed by atoms with van der Waals surface area (Å²) in [4.78, 5) is 0. The standard InChI is InChI=1S/C6H17BPSi/c1-8(2,7)6-9(3,4)5/h6H2,1-5H3. The highest BCUT2D eigenvalue weighted by molar-refractivity contribution is 7.97. The van der Waals surface area contributed by atoms with Crippen LogP contribution in [-0.2, 0) is 0 Å². The molecule has 0 aliphatic carbocycles. The zero-order chi connectivity index (χ0) is 7.71. The first kappa shape index (κ1) is 9.71. The molecule has 0 saturated heterocycles. The molecule has 53 valence electrons. The fraction of sp³-hybridized carbons (Fsp3) is 1.00. The Morgan fingerprint density at radius 2 is 1.56 bits per heavy atom. The molecule has 0 amide bonds. The summed E-state index contributed by atoms with van der Waals surface area (Å²) in [5, 5.41) is 0. The first-order valence-electron chi connectivity index (χ1n) is 3.32. The van der Waals surface area contributed by atoms with Crippen molar-refractivity contribution in [3.05, 3.63) is 0 Å². The van der Waals surface area contributed by atoms with Crippen LogP contribution in [0.1, 0.15) is 0 Å². The SMILES string of the molecule is [B-][P+](C)(C)C[Si](C)(C)C. The molecule has 3 heteroatoms. The van der Waals surface area contributed by atoms with Gasteiger partial charge in [-0.2, -0.15) is 0 Å². The zero-order valence-corrected chi connectivity index (χ0v) is 9.13. The van der Waals surface area contributed by atoms with Crippen molar-refractivity contribution in [3.63, 3.8) is 0 Å². The fourth-order valence-electron chi connectivity index (χ4n) is 1.22. The van der Waals surface area contributed by atoms with E-state index in [0.29, 0.717) is 0 Å². The van der Waals surface area contributed by atoms with Crippen LogP contribution in [0.4, 0.5) is 0 Å². The maximum atomic E-state index is 5.97. The van der Waals surface area contributed by atoms with Gasteiger partial charge in [-0.1, -0.05) is 19.6 Å². The Labute approximate surface area is 62.1 Å². The molecular formula is C6H17BPSi. The molecule has 0 rings (SSSR count). The van der Waals surface area contributed by atoms with Crippen LogP contribution in [0.15, 0.2) is 0 Å². The lowest BCUT2D eigenvalue weighted by Crippen LogP contribution is -2.27. The molecule has 0 unspecified atom stereocenters. The highest BCUT2D eigenvalue weighted by Crippen LogP contribution is 2.47. The van der Waals surface area contributed by atoms with Gasteiger partial charge >= 0.3 is 0 Å². The molecule has 0 bridgehead atoms. The Hall–Kier alpha value is 0.712. The molecule has 0 atom stereocenters. The Bertz CT molecular complexity index is 78.2. The molecule has 3 radical (unpaired) electrons. The van der Waals surface area contributed by atoms with Gasteiger partial charge in [0.1, 0.15) is 0 Å². The summed E-state index contributed by atoms with van der Waals surface area (Å²) in [7, 11) is 4.12. The van der Waals surface area contributed by atoms with Gasteiger partial charge in [0, 0.05) is 19.1 Å².